The van der Waals surface area contributed by atoms with Crippen molar-refractivity contribution in [1.82, 2.24) is 4.98 Å². The fourth-order valence-electron chi connectivity index (χ4n) is 1.09. The molecule has 0 aliphatic heterocycles. The summed E-state index contributed by atoms with van der Waals surface area (Å²) in [5.74, 6) is -0.433. The van der Waals surface area contributed by atoms with Gasteiger partial charge in [-0.25, -0.2) is 4.79 Å². The lowest BCUT2D eigenvalue weighted by Gasteiger charge is -2.08. The van der Waals surface area contributed by atoms with E-state index < -0.39 is 12.0 Å². The van der Waals surface area contributed by atoms with Crippen LogP contribution < -0.4 is 5.73 Å². The summed E-state index contributed by atoms with van der Waals surface area (Å²) in [6.07, 6.45) is 2.93. The molecule has 1 heterocycles. The first-order chi connectivity index (χ1) is 7.19. The van der Waals surface area contributed by atoms with Crippen LogP contribution in [0.4, 0.5) is 0 Å². The van der Waals surface area contributed by atoms with Crippen LogP contribution in [0, 0.1) is 0 Å². The topological polar surface area (TPSA) is 85.4 Å². The van der Waals surface area contributed by atoms with Crippen molar-refractivity contribution in [2.24, 2.45) is 5.73 Å². The van der Waals surface area contributed by atoms with Gasteiger partial charge in [0.1, 0.15) is 0 Å². The van der Waals surface area contributed by atoms with Crippen molar-refractivity contribution in [3.05, 3.63) is 29.6 Å². The zero-order valence-electron chi connectivity index (χ0n) is 8.51. The van der Waals surface area contributed by atoms with Crippen LogP contribution in [0.3, 0.4) is 0 Å². The number of aromatic nitrogens is 1. The first-order valence-corrected chi connectivity index (χ1v) is 4.67. The van der Waals surface area contributed by atoms with E-state index in [0.29, 0.717) is 17.7 Å². The van der Waals surface area contributed by atoms with Gasteiger partial charge in [-0.15, -0.1) is 0 Å². The summed E-state index contributed by atoms with van der Waals surface area (Å²) in [5, 5.41) is 8.85. The molecule has 1 aromatic rings. The number of carbonyl (C=O) groups is 1. The van der Waals surface area contributed by atoms with Crippen LogP contribution in [-0.4, -0.2) is 29.3 Å². The molecular formula is C10H14N2O3. The van der Waals surface area contributed by atoms with E-state index in [1.165, 1.54) is 12.4 Å². The molecule has 0 spiro atoms. The molecule has 0 aliphatic carbocycles. The van der Waals surface area contributed by atoms with Gasteiger partial charge >= 0.3 is 5.97 Å². The number of nitrogens with zero attached hydrogens (tertiary/aromatic N) is 1. The number of esters is 1. The molecule has 1 aromatic heterocycles. The Hall–Kier alpha value is -1.46. The number of hydrogen-bond acceptors (Lipinski definition) is 5. The Bertz CT molecular complexity index is 341. The lowest BCUT2D eigenvalue weighted by atomic mass is 10.1. The molecule has 0 saturated heterocycles. The van der Waals surface area contributed by atoms with Crippen molar-refractivity contribution in [3.8, 4) is 0 Å². The van der Waals surface area contributed by atoms with Crippen LogP contribution in [0.25, 0.3) is 0 Å². The van der Waals surface area contributed by atoms with Gasteiger partial charge in [0.15, 0.2) is 0 Å². The van der Waals surface area contributed by atoms with Crippen molar-refractivity contribution in [1.29, 1.82) is 0 Å². The number of aliphatic hydroxyl groups excluding tert-OH is 1. The number of hydrogen-bond donors (Lipinski definition) is 2. The van der Waals surface area contributed by atoms with E-state index >= 15 is 0 Å². The Kier molecular flexibility index (Phi) is 4.20. The van der Waals surface area contributed by atoms with Crippen molar-refractivity contribution in [3.63, 3.8) is 0 Å². The number of rotatable bonds is 4. The first-order valence-electron chi connectivity index (χ1n) is 4.67. The van der Waals surface area contributed by atoms with Gasteiger partial charge in [-0.1, -0.05) is 0 Å². The molecule has 1 atom stereocenters. The molecule has 15 heavy (non-hydrogen) atoms. The number of ether oxygens (including phenoxy) is 1. The van der Waals surface area contributed by atoms with E-state index in [1.807, 2.05) is 0 Å². The largest absolute Gasteiger partial charge is 0.462 e. The van der Waals surface area contributed by atoms with Crippen molar-refractivity contribution >= 4 is 5.97 Å². The minimum absolute atomic E-state index is 0.187. The highest BCUT2D eigenvalue weighted by Gasteiger charge is 2.10. The highest BCUT2D eigenvalue weighted by atomic mass is 16.5. The summed E-state index contributed by atoms with van der Waals surface area (Å²) in [6, 6.07) is 1.05. The minimum Gasteiger partial charge on any atom is -0.462 e. The zero-order valence-corrected chi connectivity index (χ0v) is 8.51. The number of pyridine rings is 1. The van der Waals surface area contributed by atoms with Crippen LogP contribution in [0.2, 0.25) is 0 Å². The van der Waals surface area contributed by atoms with Gasteiger partial charge in [-0.05, 0) is 18.6 Å². The molecule has 0 aliphatic rings. The second-order valence-corrected chi connectivity index (χ2v) is 3.02. The third kappa shape index (κ3) is 3.00. The molecule has 82 valence electrons. The second-order valence-electron chi connectivity index (χ2n) is 3.02. The average molecular weight is 210 g/mol. The first kappa shape index (κ1) is 11.6. The average Bonchev–Trinajstić information content (AvgIpc) is 2.28. The predicted octanol–water partition coefficient (Wildman–Crippen LogP) is 0.250. The lowest BCUT2D eigenvalue weighted by Crippen LogP contribution is -2.16. The molecular weight excluding hydrogens is 196 g/mol. The maximum atomic E-state index is 11.3. The Labute approximate surface area is 87.9 Å². The Balaban J connectivity index is 2.87. The Morgan fingerprint density at radius 3 is 3.00 bits per heavy atom. The third-order valence-electron chi connectivity index (χ3n) is 1.90. The Morgan fingerprint density at radius 1 is 1.67 bits per heavy atom. The van der Waals surface area contributed by atoms with Crippen molar-refractivity contribution in [2.45, 2.75) is 13.0 Å². The minimum atomic E-state index is -0.521. The van der Waals surface area contributed by atoms with Crippen LogP contribution >= 0.6 is 0 Å². The molecule has 0 unspecified atom stereocenters. The van der Waals surface area contributed by atoms with E-state index in [-0.39, 0.29) is 6.61 Å². The Morgan fingerprint density at radius 2 is 2.40 bits per heavy atom. The molecule has 0 saturated carbocycles. The van der Waals surface area contributed by atoms with Gasteiger partial charge in [-0.3, -0.25) is 4.98 Å². The summed E-state index contributed by atoms with van der Waals surface area (Å²) in [6.45, 7) is 1.86. The smallest absolute Gasteiger partial charge is 0.339 e. The third-order valence-corrected chi connectivity index (χ3v) is 1.90. The molecule has 0 aromatic carbocycles. The highest BCUT2D eigenvalue weighted by molar-refractivity contribution is 5.89. The molecule has 0 bridgehead atoms. The summed E-state index contributed by atoms with van der Waals surface area (Å²) in [7, 11) is 0. The molecule has 0 fully saturated rings. The van der Waals surface area contributed by atoms with Crippen molar-refractivity contribution in [2.75, 3.05) is 13.2 Å². The van der Waals surface area contributed by atoms with E-state index in [0.717, 1.165) is 0 Å². The van der Waals surface area contributed by atoms with E-state index in [2.05, 4.69) is 4.98 Å². The maximum Gasteiger partial charge on any atom is 0.339 e. The number of carbonyl (C=O) groups excluding carboxylic acids is 1. The summed E-state index contributed by atoms with van der Waals surface area (Å²) < 4.78 is 4.81. The second kappa shape index (κ2) is 5.43. The molecule has 0 amide bonds. The lowest BCUT2D eigenvalue weighted by molar-refractivity contribution is 0.0525. The molecule has 5 nitrogen and oxygen atoms in total. The van der Waals surface area contributed by atoms with Crippen LogP contribution in [-0.2, 0) is 4.74 Å². The SMILES string of the molecule is CCOC(=O)c1cncc([C@@H](N)CO)c1. The summed E-state index contributed by atoms with van der Waals surface area (Å²) in [4.78, 5) is 15.2. The monoisotopic (exact) mass is 210 g/mol. The van der Waals surface area contributed by atoms with Gasteiger partial charge in [0.05, 0.1) is 24.8 Å². The van der Waals surface area contributed by atoms with Crippen LogP contribution in [0.15, 0.2) is 18.5 Å². The van der Waals surface area contributed by atoms with Gasteiger partial charge in [0.25, 0.3) is 0 Å². The van der Waals surface area contributed by atoms with Crippen molar-refractivity contribution < 1.29 is 14.6 Å². The maximum absolute atomic E-state index is 11.3. The fraction of sp³-hybridized carbons (Fsp3) is 0.400. The van der Waals surface area contributed by atoms with Gasteiger partial charge < -0.3 is 15.6 Å². The van der Waals surface area contributed by atoms with Gasteiger partial charge in [0.2, 0.25) is 0 Å². The fourth-order valence-corrected chi connectivity index (χ4v) is 1.09. The van der Waals surface area contributed by atoms with E-state index in [9.17, 15) is 4.79 Å². The molecule has 5 heteroatoms. The number of nitrogens with two attached hydrogens (primary N) is 1. The van der Waals surface area contributed by atoms with Crippen LogP contribution in [0.5, 0.6) is 0 Å². The van der Waals surface area contributed by atoms with E-state index in [4.69, 9.17) is 15.6 Å². The van der Waals surface area contributed by atoms with Crippen LogP contribution in [0.1, 0.15) is 28.9 Å². The standard InChI is InChI=1S/C10H14N2O3/c1-2-15-10(14)8-3-7(4-12-5-8)9(11)6-13/h3-5,9,13H,2,6,11H2,1H3/t9-/m0/s1. The molecule has 3 N–H and O–H groups in total. The quantitative estimate of drug-likeness (QED) is 0.696. The molecule has 0 radical (unpaired) electrons. The zero-order chi connectivity index (χ0) is 11.3. The normalized spacial score (nSPS) is 12.2. The predicted molar refractivity (Wildman–Crippen MR) is 54.2 cm³/mol. The van der Waals surface area contributed by atoms with Gasteiger partial charge in [-0.2, -0.15) is 0 Å². The van der Waals surface area contributed by atoms with E-state index in [1.54, 1.807) is 13.0 Å². The van der Waals surface area contributed by atoms with Gasteiger partial charge in [0, 0.05) is 12.4 Å². The summed E-state index contributed by atoms with van der Waals surface area (Å²) >= 11 is 0. The highest BCUT2D eigenvalue weighted by Crippen LogP contribution is 2.10. The molecule has 1 rings (SSSR count). The number of aliphatic hydroxyl groups is 1. The summed E-state index contributed by atoms with van der Waals surface area (Å²) in [5.41, 5.74) is 6.55.